The van der Waals surface area contributed by atoms with E-state index in [1.165, 1.54) is 0 Å². The van der Waals surface area contributed by atoms with Gasteiger partial charge in [-0.05, 0) is 55.4 Å². The molecule has 0 spiro atoms. The molecule has 3 aromatic rings. The predicted molar refractivity (Wildman–Crippen MR) is 125 cm³/mol. The number of nitrogens with zero attached hydrogens (tertiary/aromatic N) is 1. The summed E-state index contributed by atoms with van der Waals surface area (Å²) in [7, 11) is 0. The summed E-state index contributed by atoms with van der Waals surface area (Å²) in [5.41, 5.74) is 5.86. The van der Waals surface area contributed by atoms with Crippen molar-refractivity contribution in [3.8, 4) is 11.3 Å². The second-order valence-corrected chi connectivity index (χ2v) is 9.33. The fourth-order valence-corrected chi connectivity index (χ4v) is 4.73. The molecule has 2 aromatic heterocycles. The molecule has 2 aliphatic rings. The molecule has 1 atom stereocenters. The number of carbonyl (C=O) groups is 2. The smallest absolute Gasteiger partial charge is 0.207 e. The van der Waals surface area contributed by atoms with Gasteiger partial charge < -0.3 is 15.6 Å². The fraction of sp³-hybridized carbons (Fsp3) is 0.346. The first kappa shape index (κ1) is 20.5. The molecule has 0 aliphatic heterocycles. The molecule has 1 amide bonds. The van der Waals surface area contributed by atoms with E-state index < -0.39 is 0 Å². The van der Waals surface area contributed by atoms with E-state index in [1.807, 2.05) is 42.5 Å². The third-order valence-corrected chi connectivity index (χ3v) is 6.88. The zero-order valence-corrected chi connectivity index (χ0v) is 18.4. The molecule has 1 fully saturated rings. The average Bonchev–Trinajstić information content (AvgIpc) is 3.49. The molecule has 32 heavy (non-hydrogen) atoms. The first-order valence-electron chi connectivity index (χ1n) is 11.3. The van der Waals surface area contributed by atoms with E-state index in [9.17, 15) is 9.59 Å². The number of carbonyl (C=O) groups excluding carboxylic acids is 2. The van der Waals surface area contributed by atoms with Crippen molar-refractivity contribution < 1.29 is 9.59 Å². The van der Waals surface area contributed by atoms with Crippen LogP contribution in [0.5, 0.6) is 0 Å². The van der Waals surface area contributed by atoms with Crippen LogP contribution in [0, 0.1) is 11.8 Å². The van der Waals surface area contributed by atoms with Gasteiger partial charge in [0.2, 0.25) is 6.41 Å². The van der Waals surface area contributed by atoms with E-state index in [0.717, 1.165) is 65.3 Å². The fourth-order valence-electron chi connectivity index (χ4n) is 4.73. The number of amides is 1. The topological polar surface area (TPSA) is 86.9 Å². The first-order chi connectivity index (χ1) is 15.5. The summed E-state index contributed by atoms with van der Waals surface area (Å²) in [6, 6.07) is 13.9. The second-order valence-electron chi connectivity index (χ2n) is 9.33. The highest BCUT2D eigenvalue weighted by atomic mass is 16.1. The summed E-state index contributed by atoms with van der Waals surface area (Å²) < 4.78 is 0. The van der Waals surface area contributed by atoms with Crippen LogP contribution in [0.2, 0.25) is 0 Å². The molecule has 1 saturated carbocycles. The number of fused-ring (bicyclic) bond motifs is 1. The van der Waals surface area contributed by atoms with Crippen molar-refractivity contribution in [2.24, 2.45) is 11.8 Å². The van der Waals surface area contributed by atoms with Crippen LogP contribution in [-0.2, 0) is 16.8 Å². The Morgan fingerprint density at radius 3 is 2.62 bits per heavy atom. The molecule has 0 radical (unpaired) electrons. The van der Waals surface area contributed by atoms with Gasteiger partial charge in [-0.1, -0.05) is 32.0 Å². The molecular weight excluding hydrogens is 400 g/mol. The highest BCUT2D eigenvalue weighted by Gasteiger charge is 2.45. The molecule has 2 heterocycles. The minimum absolute atomic E-state index is 0.182. The SMILES string of the molecule is CC(C)C1CC(=O)c2c([nH]c(-c3ccnc(C4(NC=O)CC4)c3)c2Nc2ccccc2)C1. The van der Waals surface area contributed by atoms with Crippen LogP contribution < -0.4 is 10.6 Å². The maximum absolute atomic E-state index is 13.3. The van der Waals surface area contributed by atoms with Gasteiger partial charge in [0.15, 0.2) is 5.78 Å². The minimum Gasteiger partial charge on any atom is -0.356 e. The summed E-state index contributed by atoms with van der Waals surface area (Å²) in [6.07, 6.45) is 5.72. The average molecular weight is 429 g/mol. The van der Waals surface area contributed by atoms with Crippen LogP contribution in [0.25, 0.3) is 11.3 Å². The van der Waals surface area contributed by atoms with Gasteiger partial charge in [-0.15, -0.1) is 0 Å². The van der Waals surface area contributed by atoms with Gasteiger partial charge in [-0.25, -0.2) is 0 Å². The first-order valence-corrected chi connectivity index (χ1v) is 11.3. The molecule has 1 aromatic carbocycles. The lowest BCUT2D eigenvalue weighted by molar-refractivity contribution is -0.110. The molecule has 164 valence electrons. The monoisotopic (exact) mass is 428 g/mol. The number of para-hydroxylation sites is 1. The normalized spacial score (nSPS) is 18.8. The van der Waals surface area contributed by atoms with Crippen LogP contribution >= 0.6 is 0 Å². The number of pyridine rings is 1. The number of Topliss-reactive ketones (excluding diaryl/α,β-unsaturated/α-hetero) is 1. The van der Waals surface area contributed by atoms with Crippen LogP contribution in [0.3, 0.4) is 0 Å². The Morgan fingerprint density at radius 1 is 1.16 bits per heavy atom. The third-order valence-electron chi connectivity index (χ3n) is 6.88. The van der Waals surface area contributed by atoms with Crippen LogP contribution in [-0.4, -0.2) is 22.2 Å². The molecule has 0 bridgehead atoms. The van der Waals surface area contributed by atoms with Gasteiger partial charge >= 0.3 is 0 Å². The Kier molecular flexibility index (Phi) is 5.08. The van der Waals surface area contributed by atoms with E-state index in [-0.39, 0.29) is 11.3 Å². The standard InChI is InChI=1S/C26H28N4O2/c1-16(2)18-12-20-23(21(32)13-18)25(29-19-6-4-3-5-7-19)24(30-20)17-8-11-27-22(14-17)26(9-10-26)28-15-31/h3-8,11,14-16,18,29-30H,9-10,12-13H2,1-2H3,(H,28,31). The summed E-state index contributed by atoms with van der Waals surface area (Å²) in [5, 5.41) is 6.44. The van der Waals surface area contributed by atoms with Crippen molar-refractivity contribution in [3.05, 3.63) is 65.6 Å². The summed E-state index contributed by atoms with van der Waals surface area (Å²) in [6.45, 7) is 4.36. The molecule has 5 rings (SSSR count). The highest BCUT2D eigenvalue weighted by molar-refractivity contribution is 6.07. The number of hydrogen-bond donors (Lipinski definition) is 3. The van der Waals surface area contributed by atoms with Gasteiger partial charge in [0.1, 0.15) is 0 Å². The largest absolute Gasteiger partial charge is 0.356 e. The van der Waals surface area contributed by atoms with Gasteiger partial charge in [0.05, 0.1) is 28.2 Å². The maximum atomic E-state index is 13.3. The lowest BCUT2D eigenvalue weighted by Crippen LogP contribution is -2.28. The molecule has 0 saturated heterocycles. The van der Waals surface area contributed by atoms with E-state index in [1.54, 1.807) is 6.20 Å². The second kappa shape index (κ2) is 7.93. The number of ketones is 1. The zero-order chi connectivity index (χ0) is 22.3. The van der Waals surface area contributed by atoms with E-state index in [4.69, 9.17) is 0 Å². The van der Waals surface area contributed by atoms with Crippen LogP contribution in [0.15, 0.2) is 48.7 Å². The molecule has 1 unspecified atom stereocenters. The molecule has 3 N–H and O–H groups in total. The van der Waals surface area contributed by atoms with Crippen molar-refractivity contribution >= 4 is 23.6 Å². The number of hydrogen-bond acceptors (Lipinski definition) is 4. The van der Waals surface area contributed by atoms with Gasteiger partial charge in [0.25, 0.3) is 0 Å². The summed E-state index contributed by atoms with van der Waals surface area (Å²) in [4.78, 5) is 32.5. The van der Waals surface area contributed by atoms with Crippen molar-refractivity contribution in [1.29, 1.82) is 0 Å². The van der Waals surface area contributed by atoms with Crippen molar-refractivity contribution in [2.75, 3.05) is 5.32 Å². The van der Waals surface area contributed by atoms with Crippen LogP contribution in [0.4, 0.5) is 11.4 Å². The molecule has 6 heteroatoms. The number of anilines is 2. The Morgan fingerprint density at radius 2 is 1.94 bits per heavy atom. The number of benzene rings is 1. The molecule has 6 nitrogen and oxygen atoms in total. The van der Waals surface area contributed by atoms with E-state index in [2.05, 4.69) is 34.4 Å². The Balaban J connectivity index is 1.62. The Bertz CT molecular complexity index is 1160. The van der Waals surface area contributed by atoms with Crippen LogP contribution in [0.1, 0.15) is 54.9 Å². The quantitative estimate of drug-likeness (QED) is 0.465. The summed E-state index contributed by atoms with van der Waals surface area (Å²) >= 11 is 0. The number of nitrogens with one attached hydrogen (secondary N) is 3. The van der Waals surface area contributed by atoms with Gasteiger partial charge in [-0.3, -0.25) is 14.6 Å². The van der Waals surface area contributed by atoms with Crippen molar-refractivity contribution in [2.45, 2.75) is 45.1 Å². The number of aromatic amines is 1. The number of rotatable bonds is 7. The van der Waals surface area contributed by atoms with Crippen molar-refractivity contribution in [1.82, 2.24) is 15.3 Å². The predicted octanol–water partition coefficient (Wildman–Crippen LogP) is 4.96. The zero-order valence-electron chi connectivity index (χ0n) is 18.4. The lowest BCUT2D eigenvalue weighted by atomic mass is 9.80. The summed E-state index contributed by atoms with van der Waals surface area (Å²) in [5.74, 6) is 0.966. The number of H-pyrrole nitrogens is 1. The Labute approximate surface area is 187 Å². The van der Waals surface area contributed by atoms with E-state index >= 15 is 0 Å². The highest BCUT2D eigenvalue weighted by Crippen LogP contribution is 2.46. The number of aromatic nitrogens is 2. The third kappa shape index (κ3) is 3.60. The van der Waals surface area contributed by atoms with E-state index in [0.29, 0.717) is 18.3 Å². The Hall–Kier alpha value is -3.41. The van der Waals surface area contributed by atoms with Gasteiger partial charge in [-0.2, -0.15) is 0 Å². The van der Waals surface area contributed by atoms with Crippen molar-refractivity contribution in [3.63, 3.8) is 0 Å². The molecule has 2 aliphatic carbocycles. The molecular formula is C26H28N4O2. The lowest BCUT2D eigenvalue weighted by Gasteiger charge is -2.25. The minimum atomic E-state index is -0.366. The maximum Gasteiger partial charge on any atom is 0.207 e. The van der Waals surface area contributed by atoms with Gasteiger partial charge in [0, 0.05) is 29.6 Å².